The summed E-state index contributed by atoms with van der Waals surface area (Å²) in [6.07, 6.45) is 0. The molecule has 1 amide bonds. The van der Waals surface area contributed by atoms with Gasteiger partial charge in [-0.2, -0.15) is 0 Å². The number of nitrogens with one attached hydrogen (secondary N) is 1. The third-order valence-electron chi connectivity index (χ3n) is 3.04. The zero-order valence-corrected chi connectivity index (χ0v) is 12.9. The fourth-order valence-electron chi connectivity index (χ4n) is 1.94. The minimum atomic E-state index is -0.795. The second-order valence-corrected chi connectivity index (χ2v) is 4.95. The van der Waals surface area contributed by atoms with Gasteiger partial charge in [0.15, 0.2) is 0 Å². The molecule has 24 heavy (non-hydrogen) atoms. The Hall–Kier alpha value is -3.20. The summed E-state index contributed by atoms with van der Waals surface area (Å²) in [4.78, 5) is 32.8. The van der Waals surface area contributed by atoms with Crippen LogP contribution in [0.4, 0.5) is 17.1 Å². The molecule has 9 nitrogen and oxygen atoms in total. The highest BCUT2D eigenvalue weighted by Gasteiger charge is 2.22. The number of hydrogen-bond donors (Lipinski definition) is 1. The number of nitro benzene ring substituents is 2. The molecule has 10 heteroatoms. The standard InChI is InChI=1S/C14H10ClN3O6/c1-24-13-7-9(17(20)21)3-4-11(13)16-14(19)10-6-8(15)2-5-12(10)18(22)23/h2-7H,1H3,(H,16,19). The highest BCUT2D eigenvalue weighted by Crippen LogP contribution is 2.30. The smallest absolute Gasteiger partial charge is 0.282 e. The predicted molar refractivity (Wildman–Crippen MR) is 85.7 cm³/mol. The van der Waals surface area contributed by atoms with Crippen molar-refractivity contribution in [3.8, 4) is 5.75 Å². The number of rotatable bonds is 5. The van der Waals surface area contributed by atoms with Crippen molar-refractivity contribution in [3.05, 3.63) is 67.2 Å². The summed E-state index contributed by atoms with van der Waals surface area (Å²) in [5.41, 5.74) is -0.758. The number of benzene rings is 2. The first-order chi connectivity index (χ1) is 11.3. The predicted octanol–water partition coefficient (Wildman–Crippen LogP) is 3.42. The summed E-state index contributed by atoms with van der Waals surface area (Å²) in [5.74, 6) is -0.751. The maximum absolute atomic E-state index is 12.3. The van der Waals surface area contributed by atoms with Gasteiger partial charge in [0, 0.05) is 17.2 Å². The van der Waals surface area contributed by atoms with Crippen LogP contribution in [0.3, 0.4) is 0 Å². The fourth-order valence-corrected chi connectivity index (χ4v) is 2.11. The van der Waals surface area contributed by atoms with Crippen molar-refractivity contribution in [2.75, 3.05) is 12.4 Å². The van der Waals surface area contributed by atoms with E-state index in [9.17, 15) is 25.0 Å². The molecule has 0 spiro atoms. The maximum atomic E-state index is 12.3. The summed E-state index contributed by atoms with van der Waals surface area (Å²) in [5, 5.41) is 24.3. The van der Waals surface area contributed by atoms with Crippen molar-refractivity contribution in [1.82, 2.24) is 0 Å². The SMILES string of the molecule is COc1cc([N+](=O)[O-])ccc1NC(=O)c1cc(Cl)ccc1[N+](=O)[O-]. The average molecular weight is 352 g/mol. The number of nitro groups is 2. The average Bonchev–Trinajstić information content (AvgIpc) is 2.54. The zero-order chi connectivity index (χ0) is 17.9. The second kappa shape index (κ2) is 6.92. The van der Waals surface area contributed by atoms with E-state index in [1.807, 2.05) is 0 Å². The Balaban J connectivity index is 2.38. The maximum Gasteiger partial charge on any atom is 0.282 e. The van der Waals surface area contributed by atoms with Gasteiger partial charge < -0.3 is 10.1 Å². The van der Waals surface area contributed by atoms with Crippen LogP contribution in [0.2, 0.25) is 5.02 Å². The third kappa shape index (κ3) is 3.58. The quantitative estimate of drug-likeness (QED) is 0.650. The van der Waals surface area contributed by atoms with E-state index in [2.05, 4.69) is 5.32 Å². The summed E-state index contributed by atoms with van der Waals surface area (Å²) < 4.78 is 5.00. The molecule has 2 aromatic rings. The number of nitrogens with zero attached hydrogens (tertiary/aromatic N) is 2. The van der Waals surface area contributed by atoms with Gasteiger partial charge in [0.2, 0.25) is 0 Å². The van der Waals surface area contributed by atoms with Gasteiger partial charge >= 0.3 is 0 Å². The minimum Gasteiger partial charge on any atom is -0.494 e. The first kappa shape index (κ1) is 17.2. The molecule has 0 atom stereocenters. The number of carbonyl (C=O) groups excluding carboxylic acids is 1. The molecule has 0 saturated carbocycles. The molecule has 124 valence electrons. The van der Waals surface area contributed by atoms with Crippen molar-refractivity contribution >= 4 is 34.6 Å². The van der Waals surface area contributed by atoms with Gasteiger partial charge in [-0.3, -0.25) is 25.0 Å². The van der Waals surface area contributed by atoms with Crippen LogP contribution in [-0.2, 0) is 0 Å². The molecule has 2 aromatic carbocycles. The lowest BCUT2D eigenvalue weighted by Crippen LogP contribution is -2.14. The lowest BCUT2D eigenvalue weighted by molar-refractivity contribution is -0.385. The Morgan fingerprint density at radius 2 is 1.83 bits per heavy atom. The van der Waals surface area contributed by atoms with Gasteiger partial charge in [-0.1, -0.05) is 11.6 Å². The molecule has 0 bridgehead atoms. The number of hydrogen-bond acceptors (Lipinski definition) is 6. The summed E-state index contributed by atoms with van der Waals surface area (Å²) in [6.45, 7) is 0. The van der Waals surface area contributed by atoms with Crippen LogP contribution >= 0.6 is 11.6 Å². The number of carbonyl (C=O) groups is 1. The van der Waals surface area contributed by atoms with Gasteiger partial charge in [-0.25, -0.2) is 0 Å². The lowest BCUT2D eigenvalue weighted by atomic mass is 10.1. The number of halogens is 1. The number of amides is 1. The van der Waals surface area contributed by atoms with E-state index >= 15 is 0 Å². The van der Waals surface area contributed by atoms with Crippen LogP contribution in [0, 0.1) is 20.2 Å². The molecule has 0 saturated heterocycles. The Kier molecular flexibility index (Phi) is 4.95. The first-order valence-electron chi connectivity index (χ1n) is 6.41. The Morgan fingerprint density at radius 1 is 1.12 bits per heavy atom. The molecule has 0 radical (unpaired) electrons. The zero-order valence-electron chi connectivity index (χ0n) is 12.2. The van der Waals surface area contributed by atoms with Crippen LogP contribution in [0.5, 0.6) is 5.75 Å². The topological polar surface area (TPSA) is 125 Å². The van der Waals surface area contributed by atoms with E-state index < -0.39 is 21.4 Å². The van der Waals surface area contributed by atoms with E-state index in [-0.39, 0.29) is 27.7 Å². The molecular formula is C14H10ClN3O6. The molecule has 0 aliphatic heterocycles. The van der Waals surface area contributed by atoms with Crippen molar-refractivity contribution in [3.63, 3.8) is 0 Å². The van der Waals surface area contributed by atoms with Crippen LogP contribution in [0.25, 0.3) is 0 Å². The molecule has 2 rings (SSSR count). The van der Waals surface area contributed by atoms with Crippen LogP contribution in [0.1, 0.15) is 10.4 Å². The first-order valence-corrected chi connectivity index (χ1v) is 6.79. The third-order valence-corrected chi connectivity index (χ3v) is 3.28. The number of methoxy groups -OCH3 is 1. The molecule has 0 aliphatic carbocycles. The van der Waals surface area contributed by atoms with E-state index in [4.69, 9.17) is 16.3 Å². The van der Waals surface area contributed by atoms with Crippen molar-refractivity contribution in [2.24, 2.45) is 0 Å². The van der Waals surface area contributed by atoms with Gasteiger partial charge in [0.25, 0.3) is 17.3 Å². The molecular weight excluding hydrogens is 342 g/mol. The number of ether oxygens (including phenoxy) is 1. The Morgan fingerprint density at radius 3 is 2.42 bits per heavy atom. The largest absolute Gasteiger partial charge is 0.494 e. The van der Waals surface area contributed by atoms with Gasteiger partial charge in [0.1, 0.15) is 11.3 Å². The van der Waals surface area contributed by atoms with Crippen LogP contribution < -0.4 is 10.1 Å². The minimum absolute atomic E-state index is 0.0437. The van der Waals surface area contributed by atoms with Crippen molar-refractivity contribution in [1.29, 1.82) is 0 Å². The van der Waals surface area contributed by atoms with E-state index in [1.165, 1.54) is 25.3 Å². The van der Waals surface area contributed by atoms with E-state index in [0.717, 1.165) is 18.2 Å². The molecule has 0 aromatic heterocycles. The highest BCUT2D eigenvalue weighted by molar-refractivity contribution is 6.31. The normalized spacial score (nSPS) is 10.1. The second-order valence-electron chi connectivity index (χ2n) is 4.51. The van der Waals surface area contributed by atoms with E-state index in [0.29, 0.717) is 0 Å². The lowest BCUT2D eigenvalue weighted by Gasteiger charge is -2.10. The molecule has 0 unspecified atom stereocenters. The van der Waals surface area contributed by atoms with E-state index in [1.54, 1.807) is 0 Å². The molecule has 0 fully saturated rings. The Labute approximate surface area is 140 Å². The summed E-state index contributed by atoms with van der Waals surface area (Å²) in [6, 6.07) is 7.14. The molecule has 1 N–H and O–H groups in total. The van der Waals surface area contributed by atoms with Crippen molar-refractivity contribution in [2.45, 2.75) is 0 Å². The monoisotopic (exact) mass is 351 g/mol. The van der Waals surface area contributed by atoms with Gasteiger partial charge in [-0.15, -0.1) is 0 Å². The van der Waals surface area contributed by atoms with Gasteiger partial charge in [-0.05, 0) is 18.2 Å². The van der Waals surface area contributed by atoms with Crippen LogP contribution in [0.15, 0.2) is 36.4 Å². The number of non-ortho nitro benzene ring substituents is 1. The molecule has 0 heterocycles. The van der Waals surface area contributed by atoms with Crippen molar-refractivity contribution < 1.29 is 19.4 Å². The summed E-state index contributed by atoms with van der Waals surface area (Å²) in [7, 11) is 1.27. The fraction of sp³-hybridized carbons (Fsp3) is 0.0714. The summed E-state index contributed by atoms with van der Waals surface area (Å²) >= 11 is 5.78. The highest BCUT2D eigenvalue weighted by atomic mass is 35.5. The van der Waals surface area contributed by atoms with Gasteiger partial charge in [0.05, 0.1) is 28.7 Å². The number of anilines is 1. The van der Waals surface area contributed by atoms with Crippen LogP contribution in [-0.4, -0.2) is 22.9 Å². The Bertz CT molecular complexity index is 839. The molecule has 0 aliphatic rings.